The first-order valence-electron chi connectivity index (χ1n) is 10.6. The van der Waals surface area contributed by atoms with Gasteiger partial charge in [-0.2, -0.15) is 0 Å². The molecule has 0 saturated carbocycles. The SMILES string of the molecule is CCNC(=NCc1ccc(OCCOC)cc1)NC(C)CCCN(CC)CC.I. The molecule has 0 spiro atoms. The summed E-state index contributed by atoms with van der Waals surface area (Å²) in [7, 11) is 1.67. The Labute approximate surface area is 194 Å². The first-order chi connectivity index (χ1) is 13.6. The average Bonchev–Trinajstić information content (AvgIpc) is 2.71. The average molecular weight is 521 g/mol. The van der Waals surface area contributed by atoms with E-state index in [9.17, 15) is 0 Å². The zero-order valence-electron chi connectivity index (χ0n) is 18.9. The van der Waals surface area contributed by atoms with Crippen molar-refractivity contribution in [2.45, 2.75) is 53.1 Å². The number of rotatable bonds is 14. The second-order valence-corrected chi connectivity index (χ2v) is 6.89. The standard InChI is InChI=1S/C22H40N4O2.HI/c1-6-23-22(25-19(4)10-9-15-26(7-2)8-3)24-18-20-11-13-21(14-12-20)28-17-16-27-5;/h11-14,19H,6-10,15-18H2,1-5H3,(H2,23,24,25);1H. The maximum absolute atomic E-state index is 5.60. The molecule has 6 nitrogen and oxygen atoms in total. The molecule has 0 aliphatic carbocycles. The third-order valence-corrected chi connectivity index (χ3v) is 4.63. The molecule has 2 N–H and O–H groups in total. The third kappa shape index (κ3) is 13.0. The van der Waals surface area contributed by atoms with Crippen LogP contribution in [0.1, 0.15) is 46.1 Å². The normalized spacial score (nSPS) is 12.4. The second-order valence-electron chi connectivity index (χ2n) is 6.89. The lowest BCUT2D eigenvalue weighted by Gasteiger charge is -2.21. The molecule has 7 heteroatoms. The summed E-state index contributed by atoms with van der Waals surface area (Å²) >= 11 is 0. The summed E-state index contributed by atoms with van der Waals surface area (Å²) in [6.45, 7) is 14.8. The highest BCUT2D eigenvalue weighted by atomic mass is 127. The number of aliphatic imine (C=N–C) groups is 1. The van der Waals surface area contributed by atoms with Crippen LogP contribution in [0.15, 0.2) is 29.3 Å². The van der Waals surface area contributed by atoms with Crippen LogP contribution < -0.4 is 15.4 Å². The molecular formula is C22H41IN4O2. The highest BCUT2D eigenvalue weighted by molar-refractivity contribution is 14.0. The predicted molar refractivity (Wildman–Crippen MR) is 134 cm³/mol. The number of halogens is 1. The van der Waals surface area contributed by atoms with Gasteiger partial charge in [0.1, 0.15) is 12.4 Å². The van der Waals surface area contributed by atoms with Crippen LogP contribution in [0.3, 0.4) is 0 Å². The van der Waals surface area contributed by atoms with Crippen molar-refractivity contribution in [2.75, 3.05) is 46.5 Å². The van der Waals surface area contributed by atoms with Gasteiger partial charge in [-0.1, -0.05) is 26.0 Å². The largest absolute Gasteiger partial charge is 0.491 e. The fourth-order valence-corrected chi connectivity index (χ4v) is 2.89. The highest BCUT2D eigenvalue weighted by Crippen LogP contribution is 2.12. The fourth-order valence-electron chi connectivity index (χ4n) is 2.89. The fraction of sp³-hybridized carbons (Fsp3) is 0.682. The van der Waals surface area contributed by atoms with E-state index < -0.39 is 0 Å². The lowest BCUT2D eigenvalue weighted by molar-refractivity contribution is 0.146. The number of guanidine groups is 1. The lowest BCUT2D eigenvalue weighted by Crippen LogP contribution is -2.42. The summed E-state index contributed by atoms with van der Waals surface area (Å²) in [5.41, 5.74) is 1.16. The van der Waals surface area contributed by atoms with Gasteiger partial charge in [-0.25, -0.2) is 4.99 Å². The van der Waals surface area contributed by atoms with Gasteiger partial charge < -0.3 is 25.0 Å². The minimum Gasteiger partial charge on any atom is -0.491 e. The van der Waals surface area contributed by atoms with E-state index in [1.165, 1.54) is 6.42 Å². The molecule has 0 bridgehead atoms. The Morgan fingerprint density at radius 3 is 2.38 bits per heavy atom. The Hall–Kier alpha value is -1.06. The maximum atomic E-state index is 5.60. The molecule has 0 saturated heterocycles. The molecule has 1 aromatic rings. The molecule has 1 aromatic carbocycles. The molecular weight excluding hydrogens is 479 g/mol. The van der Waals surface area contributed by atoms with Crippen LogP contribution >= 0.6 is 24.0 Å². The molecule has 168 valence electrons. The summed E-state index contributed by atoms with van der Waals surface area (Å²) in [5, 5.41) is 6.87. The van der Waals surface area contributed by atoms with Gasteiger partial charge in [0.2, 0.25) is 0 Å². The molecule has 29 heavy (non-hydrogen) atoms. The van der Waals surface area contributed by atoms with Crippen molar-refractivity contribution in [1.82, 2.24) is 15.5 Å². The topological polar surface area (TPSA) is 58.1 Å². The summed E-state index contributed by atoms with van der Waals surface area (Å²) in [6.07, 6.45) is 2.33. The number of methoxy groups -OCH3 is 1. The van der Waals surface area contributed by atoms with Gasteiger partial charge in [0, 0.05) is 19.7 Å². The Bertz CT molecular complexity index is 536. The molecule has 0 aromatic heterocycles. The minimum absolute atomic E-state index is 0. The Kier molecular flexibility index (Phi) is 17.1. The van der Waals surface area contributed by atoms with Crippen molar-refractivity contribution in [3.63, 3.8) is 0 Å². The van der Waals surface area contributed by atoms with Crippen molar-refractivity contribution in [3.8, 4) is 5.75 Å². The molecule has 0 amide bonds. The number of nitrogens with one attached hydrogen (secondary N) is 2. The first-order valence-corrected chi connectivity index (χ1v) is 10.6. The van der Waals surface area contributed by atoms with Crippen LogP contribution in [0.2, 0.25) is 0 Å². The maximum Gasteiger partial charge on any atom is 0.191 e. The van der Waals surface area contributed by atoms with Gasteiger partial charge in [-0.3, -0.25) is 0 Å². The Morgan fingerprint density at radius 2 is 1.79 bits per heavy atom. The van der Waals surface area contributed by atoms with E-state index in [2.05, 4.69) is 55.4 Å². The summed E-state index contributed by atoms with van der Waals surface area (Å²) in [4.78, 5) is 7.19. The van der Waals surface area contributed by atoms with E-state index in [1.807, 2.05) is 12.1 Å². The van der Waals surface area contributed by atoms with Gasteiger partial charge >= 0.3 is 0 Å². The van der Waals surface area contributed by atoms with Crippen molar-refractivity contribution < 1.29 is 9.47 Å². The van der Waals surface area contributed by atoms with Crippen molar-refractivity contribution in [2.24, 2.45) is 4.99 Å². The number of benzene rings is 1. The van der Waals surface area contributed by atoms with Crippen LogP contribution in [-0.4, -0.2) is 63.4 Å². The number of ether oxygens (including phenoxy) is 2. The van der Waals surface area contributed by atoms with Crippen LogP contribution in [-0.2, 0) is 11.3 Å². The number of nitrogens with zero attached hydrogens (tertiary/aromatic N) is 2. The Morgan fingerprint density at radius 1 is 1.10 bits per heavy atom. The van der Waals surface area contributed by atoms with E-state index in [0.717, 1.165) is 49.9 Å². The van der Waals surface area contributed by atoms with E-state index >= 15 is 0 Å². The summed E-state index contributed by atoms with van der Waals surface area (Å²) in [5.74, 6) is 1.73. The molecule has 1 atom stereocenters. The number of hydrogen-bond donors (Lipinski definition) is 2. The second kappa shape index (κ2) is 17.8. The molecule has 1 unspecified atom stereocenters. The van der Waals surface area contributed by atoms with Crippen LogP contribution in [0, 0.1) is 0 Å². The smallest absolute Gasteiger partial charge is 0.191 e. The van der Waals surface area contributed by atoms with Gasteiger partial charge in [0.25, 0.3) is 0 Å². The van der Waals surface area contributed by atoms with E-state index in [-0.39, 0.29) is 24.0 Å². The highest BCUT2D eigenvalue weighted by Gasteiger charge is 2.06. The van der Waals surface area contributed by atoms with Crippen molar-refractivity contribution in [3.05, 3.63) is 29.8 Å². The van der Waals surface area contributed by atoms with Gasteiger partial charge in [-0.05, 0) is 64.0 Å². The van der Waals surface area contributed by atoms with Crippen LogP contribution in [0.5, 0.6) is 5.75 Å². The molecule has 0 aliphatic heterocycles. The van der Waals surface area contributed by atoms with E-state index in [1.54, 1.807) is 7.11 Å². The monoisotopic (exact) mass is 520 g/mol. The molecule has 0 fully saturated rings. The van der Waals surface area contributed by atoms with Crippen molar-refractivity contribution in [1.29, 1.82) is 0 Å². The molecule has 0 heterocycles. The van der Waals surface area contributed by atoms with Crippen LogP contribution in [0.4, 0.5) is 0 Å². The molecule has 0 radical (unpaired) electrons. The Balaban J connectivity index is 0.00000784. The lowest BCUT2D eigenvalue weighted by atomic mass is 10.2. The summed E-state index contributed by atoms with van der Waals surface area (Å²) < 4.78 is 10.6. The van der Waals surface area contributed by atoms with Gasteiger partial charge in [0.05, 0.1) is 13.2 Å². The first kappa shape index (κ1) is 27.9. The zero-order valence-corrected chi connectivity index (χ0v) is 21.2. The quantitative estimate of drug-likeness (QED) is 0.169. The minimum atomic E-state index is 0. The molecule has 1 rings (SSSR count). The summed E-state index contributed by atoms with van der Waals surface area (Å²) in [6, 6.07) is 8.48. The van der Waals surface area contributed by atoms with Gasteiger partial charge in [0.15, 0.2) is 5.96 Å². The number of hydrogen-bond acceptors (Lipinski definition) is 4. The third-order valence-electron chi connectivity index (χ3n) is 4.63. The molecule has 0 aliphatic rings. The van der Waals surface area contributed by atoms with E-state index in [4.69, 9.17) is 14.5 Å². The zero-order chi connectivity index (χ0) is 20.6. The van der Waals surface area contributed by atoms with Crippen LogP contribution in [0.25, 0.3) is 0 Å². The van der Waals surface area contributed by atoms with Crippen molar-refractivity contribution >= 4 is 29.9 Å². The van der Waals surface area contributed by atoms with E-state index in [0.29, 0.717) is 25.8 Å². The van der Waals surface area contributed by atoms with Gasteiger partial charge in [-0.15, -0.1) is 24.0 Å². The predicted octanol–water partition coefficient (Wildman–Crippen LogP) is 3.90.